The molecule has 2 heterocycles. The first-order valence-electron chi connectivity index (χ1n) is 7.22. The topological polar surface area (TPSA) is 64.0 Å². The Hall–Kier alpha value is -2.68. The number of alkyl halides is 3. The Balaban J connectivity index is 2.00. The first-order chi connectivity index (χ1) is 11.8. The minimum absolute atomic E-state index is 0.351. The van der Waals surface area contributed by atoms with E-state index in [-0.39, 0.29) is 0 Å². The van der Waals surface area contributed by atoms with E-state index in [4.69, 9.17) is 0 Å². The van der Waals surface area contributed by atoms with Crippen molar-refractivity contribution in [3.63, 3.8) is 0 Å². The first-order valence-corrected chi connectivity index (χ1v) is 8.10. The fourth-order valence-corrected chi connectivity index (χ4v) is 3.05. The maximum Gasteiger partial charge on any atom is 0.405 e. The van der Waals surface area contributed by atoms with Crippen molar-refractivity contribution in [2.75, 3.05) is 6.54 Å². The van der Waals surface area contributed by atoms with Crippen LogP contribution in [0.1, 0.15) is 0 Å². The lowest BCUT2D eigenvalue weighted by atomic mass is 10.1. The number of carbonyl (C=O) groups excluding carboxylic acids is 1. The highest BCUT2D eigenvalue weighted by molar-refractivity contribution is 7.13. The van der Waals surface area contributed by atoms with Gasteiger partial charge >= 0.3 is 6.18 Å². The van der Waals surface area contributed by atoms with Crippen molar-refractivity contribution >= 4 is 28.0 Å². The van der Waals surface area contributed by atoms with E-state index in [2.05, 4.69) is 5.10 Å². The molecule has 0 fully saturated rings. The van der Waals surface area contributed by atoms with Gasteiger partial charge in [0.15, 0.2) is 0 Å². The Kier molecular flexibility index (Phi) is 4.58. The number of hydrogen-bond donors (Lipinski definition) is 1. The minimum Gasteiger partial charge on any atom is -0.345 e. The van der Waals surface area contributed by atoms with Gasteiger partial charge in [-0.25, -0.2) is 4.68 Å². The second-order valence-corrected chi connectivity index (χ2v) is 6.17. The molecule has 0 unspecified atom stereocenters. The lowest BCUT2D eigenvalue weighted by Crippen LogP contribution is -2.38. The lowest BCUT2D eigenvalue weighted by molar-refractivity contribution is -0.138. The molecule has 3 rings (SSSR count). The zero-order chi connectivity index (χ0) is 18.0. The second kappa shape index (κ2) is 6.67. The Morgan fingerprint density at radius 1 is 1.16 bits per heavy atom. The molecule has 0 aliphatic carbocycles. The molecule has 9 heteroatoms. The third-order valence-corrected chi connectivity index (χ3v) is 4.28. The van der Waals surface area contributed by atoms with Gasteiger partial charge in [-0.2, -0.15) is 18.3 Å². The smallest absolute Gasteiger partial charge is 0.345 e. The number of fused-ring (bicyclic) bond motifs is 1. The van der Waals surface area contributed by atoms with Crippen LogP contribution < -0.4 is 10.9 Å². The molecule has 25 heavy (non-hydrogen) atoms. The molecule has 0 bridgehead atoms. The van der Waals surface area contributed by atoms with Gasteiger partial charge in [-0.1, -0.05) is 24.3 Å². The van der Waals surface area contributed by atoms with Gasteiger partial charge in [-0.15, -0.1) is 11.3 Å². The van der Waals surface area contributed by atoms with Crippen molar-refractivity contribution in [2.45, 2.75) is 12.7 Å². The van der Waals surface area contributed by atoms with E-state index in [0.29, 0.717) is 16.5 Å². The lowest BCUT2D eigenvalue weighted by Gasteiger charge is -2.11. The summed E-state index contributed by atoms with van der Waals surface area (Å²) in [5, 5.41) is 8.76. The predicted octanol–water partition coefficient (Wildman–Crippen LogP) is 2.80. The second-order valence-electron chi connectivity index (χ2n) is 5.23. The van der Waals surface area contributed by atoms with Crippen LogP contribution in [0.5, 0.6) is 0 Å². The molecule has 1 N–H and O–H groups in total. The number of benzene rings is 1. The number of nitrogens with zero attached hydrogens (tertiary/aromatic N) is 2. The van der Waals surface area contributed by atoms with Crippen LogP contribution >= 0.6 is 11.3 Å². The molecule has 1 aromatic carbocycles. The van der Waals surface area contributed by atoms with Crippen molar-refractivity contribution in [2.24, 2.45) is 0 Å². The van der Waals surface area contributed by atoms with E-state index >= 15 is 0 Å². The zero-order valence-corrected chi connectivity index (χ0v) is 13.5. The van der Waals surface area contributed by atoms with Gasteiger partial charge in [-0.05, 0) is 17.5 Å². The predicted molar refractivity (Wildman–Crippen MR) is 88.4 cm³/mol. The van der Waals surface area contributed by atoms with Gasteiger partial charge in [0.05, 0.1) is 10.3 Å². The molecule has 0 atom stereocenters. The maximum atomic E-state index is 12.5. The van der Waals surface area contributed by atoms with Gasteiger partial charge < -0.3 is 5.32 Å². The summed E-state index contributed by atoms with van der Waals surface area (Å²) in [6, 6.07) is 10.4. The Morgan fingerprint density at radius 3 is 2.52 bits per heavy atom. The molecule has 0 aliphatic rings. The normalized spacial score (nSPS) is 11.6. The van der Waals surface area contributed by atoms with Gasteiger partial charge in [0, 0.05) is 5.39 Å². The molecule has 0 aliphatic heterocycles. The van der Waals surface area contributed by atoms with Crippen LogP contribution in [0.3, 0.4) is 0 Å². The summed E-state index contributed by atoms with van der Waals surface area (Å²) in [7, 11) is 0. The Labute approximate surface area is 143 Å². The molecule has 5 nitrogen and oxygen atoms in total. The molecular weight excluding hydrogens is 355 g/mol. The Morgan fingerprint density at radius 2 is 1.88 bits per heavy atom. The number of hydrogen-bond acceptors (Lipinski definition) is 4. The van der Waals surface area contributed by atoms with E-state index in [1.165, 1.54) is 11.3 Å². The van der Waals surface area contributed by atoms with E-state index < -0.39 is 30.7 Å². The van der Waals surface area contributed by atoms with Crippen molar-refractivity contribution in [3.05, 3.63) is 52.1 Å². The van der Waals surface area contributed by atoms with Crippen LogP contribution in [-0.4, -0.2) is 28.4 Å². The first kappa shape index (κ1) is 17.2. The number of amides is 1. The summed E-state index contributed by atoms with van der Waals surface area (Å²) >= 11 is 1.41. The number of aromatic nitrogens is 2. The largest absolute Gasteiger partial charge is 0.405 e. The minimum atomic E-state index is -4.51. The highest BCUT2D eigenvalue weighted by Crippen LogP contribution is 2.28. The maximum absolute atomic E-state index is 12.5. The number of thiophene rings is 1. The summed E-state index contributed by atoms with van der Waals surface area (Å²) < 4.78 is 37.5. The van der Waals surface area contributed by atoms with Gasteiger partial charge in [0.1, 0.15) is 18.8 Å². The standard InChI is InChI=1S/C16H12F3N3O2S/c17-16(18,19)9-20-13(23)8-22-15(24)11-5-2-1-4-10(11)14(21-22)12-6-3-7-25-12/h1-7H,8-9H2,(H,20,23). The van der Waals surface area contributed by atoms with Gasteiger partial charge in [0.25, 0.3) is 5.56 Å². The third kappa shape index (κ3) is 3.87. The van der Waals surface area contributed by atoms with Crippen molar-refractivity contribution < 1.29 is 18.0 Å². The van der Waals surface area contributed by atoms with Crippen LogP contribution in [0.4, 0.5) is 13.2 Å². The summed E-state index contributed by atoms with van der Waals surface area (Å²) in [6.07, 6.45) is -4.51. The summed E-state index contributed by atoms with van der Waals surface area (Å²) in [5.41, 5.74) is -0.0214. The fraction of sp³-hybridized carbons (Fsp3) is 0.188. The average Bonchev–Trinajstić information content (AvgIpc) is 3.09. The average molecular weight is 367 g/mol. The van der Waals surface area contributed by atoms with Crippen LogP contribution in [0.2, 0.25) is 0 Å². The third-order valence-electron chi connectivity index (χ3n) is 3.40. The quantitative estimate of drug-likeness (QED) is 0.771. The summed E-state index contributed by atoms with van der Waals surface area (Å²) in [5.74, 6) is -0.931. The summed E-state index contributed by atoms with van der Waals surface area (Å²) in [6.45, 7) is -2.04. The highest BCUT2D eigenvalue weighted by Gasteiger charge is 2.27. The van der Waals surface area contributed by atoms with E-state index in [1.807, 2.05) is 17.5 Å². The van der Waals surface area contributed by atoms with Crippen molar-refractivity contribution in [1.82, 2.24) is 15.1 Å². The molecule has 2 aromatic heterocycles. The molecule has 0 saturated carbocycles. The van der Waals surface area contributed by atoms with Crippen LogP contribution in [0.15, 0.2) is 46.6 Å². The highest BCUT2D eigenvalue weighted by atomic mass is 32.1. The monoisotopic (exact) mass is 367 g/mol. The molecule has 0 spiro atoms. The molecule has 0 radical (unpaired) electrons. The summed E-state index contributed by atoms with van der Waals surface area (Å²) in [4.78, 5) is 25.0. The molecule has 0 saturated heterocycles. The Bertz CT molecular complexity index is 965. The van der Waals surface area contributed by atoms with Gasteiger partial charge in [0.2, 0.25) is 5.91 Å². The van der Waals surface area contributed by atoms with E-state index in [1.54, 1.807) is 29.6 Å². The fourth-order valence-electron chi connectivity index (χ4n) is 2.33. The molecule has 130 valence electrons. The number of carbonyl (C=O) groups is 1. The van der Waals surface area contributed by atoms with Crippen LogP contribution in [-0.2, 0) is 11.3 Å². The number of rotatable bonds is 4. The SMILES string of the molecule is O=C(Cn1nc(-c2cccs2)c2ccccc2c1=O)NCC(F)(F)F. The van der Waals surface area contributed by atoms with E-state index in [0.717, 1.165) is 9.56 Å². The number of nitrogens with one attached hydrogen (secondary N) is 1. The van der Waals surface area contributed by atoms with E-state index in [9.17, 15) is 22.8 Å². The zero-order valence-electron chi connectivity index (χ0n) is 12.7. The molecular formula is C16H12F3N3O2S. The van der Waals surface area contributed by atoms with Gasteiger partial charge in [-0.3, -0.25) is 9.59 Å². The van der Waals surface area contributed by atoms with Crippen molar-refractivity contribution in [1.29, 1.82) is 0 Å². The van der Waals surface area contributed by atoms with Crippen LogP contribution in [0, 0.1) is 0 Å². The van der Waals surface area contributed by atoms with Crippen molar-refractivity contribution in [3.8, 4) is 10.6 Å². The van der Waals surface area contributed by atoms with Crippen LogP contribution in [0.25, 0.3) is 21.3 Å². The number of halogens is 3. The molecule has 3 aromatic rings. The molecule has 1 amide bonds.